The molecule has 6 rings (SSSR count). The largest absolute Gasteiger partial charge is 0.372 e. The van der Waals surface area contributed by atoms with Gasteiger partial charge in [-0.25, -0.2) is 4.39 Å². The van der Waals surface area contributed by atoms with E-state index < -0.39 is 6.04 Å². The number of benzene rings is 4. The number of ketones is 1. The average Bonchev–Trinajstić information content (AvgIpc) is 3.17. The molecule has 2 unspecified atom stereocenters. The first-order chi connectivity index (χ1) is 20.5. The average molecular weight is 560 g/mol. The molecule has 0 saturated carbocycles. The van der Waals surface area contributed by atoms with Crippen molar-refractivity contribution in [2.75, 3.05) is 28.2 Å². The molecule has 1 aliphatic heterocycles. The van der Waals surface area contributed by atoms with E-state index in [1.807, 2.05) is 66.7 Å². The minimum Gasteiger partial charge on any atom is -0.372 e. The van der Waals surface area contributed by atoms with Crippen molar-refractivity contribution in [1.82, 2.24) is 0 Å². The number of amides is 1. The van der Waals surface area contributed by atoms with Gasteiger partial charge in [0, 0.05) is 42.0 Å². The van der Waals surface area contributed by atoms with Crippen molar-refractivity contribution in [2.24, 2.45) is 0 Å². The fraction of sp³-hybridized carbons (Fsp3) is 0.222. The molecule has 42 heavy (non-hydrogen) atoms. The number of hydrogen-bond donors (Lipinski definition) is 1. The molecule has 212 valence electrons. The van der Waals surface area contributed by atoms with Crippen LogP contribution in [-0.4, -0.2) is 24.8 Å². The minimum absolute atomic E-state index is 0.0189. The standard InChI is InChI=1S/C36H34FN3O2/c1-3-39(4-2)29-20-16-25(17-21-29)35-34-31(22-27(23-33(34)41)24-14-18-28(37)19-15-24)38-30-12-8-9-13-32(30)40(35)36(42)26-10-6-5-7-11-26/h5-21,27,35,38H,3-4,22-23H2,1-2H3. The Hall–Kier alpha value is -4.71. The van der Waals surface area contributed by atoms with E-state index in [9.17, 15) is 14.0 Å². The molecule has 1 aliphatic carbocycles. The van der Waals surface area contributed by atoms with Gasteiger partial charge in [-0.05, 0) is 85.8 Å². The third-order valence-electron chi connectivity index (χ3n) is 8.41. The van der Waals surface area contributed by atoms with Crippen molar-refractivity contribution in [3.63, 3.8) is 0 Å². The first-order valence-corrected chi connectivity index (χ1v) is 14.6. The molecule has 1 heterocycles. The number of carbonyl (C=O) groups is 2. The molecule has 6 heteroatoms. The molecule has 0 fully saturated rings. The summed E-state index contributed by atoms with van der Waals surface area (Å²) in [6.07, 6.45) is 0.853. The molecule has 5 nitrogen and oxygen atoms in total. The van der Waals surface area contributed by atoms with Gasteiger partial charge in [-0.3, -0.25) is 14.5 Å². The van der Waals surface area contributed by atoms with E-state index >= 15 is 0 Å². The van der Waals surface area contributed by atoms with E-state index in [-0.39, 0.29) is 29.8 Å². The highest BCUT2D eigenvalue weighted by molar-refractivity contribution is 6.12. The molecule has 0 aromatic heterocycles. The first-order valence-electron chi connectivity index (χ1n) is 14.6. The van der Waals surface area contributed by atoms with Crippen LogP contribution in [0.3, 0.4) is 0 Å². The molecule has 0 spiro atoms. The number of Topliss-reactive ketones (excluding diaryl/α,β-unsaturated/α-hetero) is 1. The predicted molar refractivity (Wildman–Crippen MR) is 166 cm³/mol. The third-order valence-corrected chi connectivity index (χ3v) is 8.41. The van der Waals surface area contributed by atoms with Crippen LogP contribution in [0.2, 0.25) is 0 Å². The van der Waals surface area contributed by atoms with Crippen LogP contribution in [0, 0.1) is 5.82 Å². The van der Waals surface area contributed by atoms with Crippen molar-refractivity contribution in [3.8, 4) is 0 Å². The number of halogens is 1. The predicted octanol–water partition coefficient (Wildman–Crippen LogP) is 7.89. The Morgan fingerprint density at radius 1 is 0.833 bits per heavy atom. The number of nitrogens with zero attached hydrogens (tertiary/aromatic N) is 2. The van der Waals surface area contributed by atoms with Crippen LogP contribution in [-0.2, 0) is 4.79 Å². The second-order valence-electron chi connectivity index (χ2n) is 10.8. The molecule has 0 saturated heterocycles. The molecule has 4 aromatic carbocycles. The van der Waals surface area contributed by atoms with Crippen LogP contribution in [0.25, 0.3) is 0 Å². The maximum Gasteiger partial charge on any atom is 0.259 e. The Balaban J connectivity index is 1.53. The SMILES string of the molecule is CCN(CC)c1ccc(C2C3=C(CC(c4ccc(F)cc4)CC3=O)Nc3ccccc3N2C(=O)c2ccccc2)cc1. The van der Waals surface area contributed by atoms with Crippen LogP contribution in [0.1, 0.15) is 60.1 Å². The lowest BCUT2D eigenvalue weighted by atomic mass is 9.78. The van der Waals surface area contributed by atoms with E-state index in [1.165, 1.54) is 12.1 Å². The summed E-state index contributed by atoms with van der Waals surface area (Å²) in [7, 11) is 0. The highest BCUT2D eigenvalue weighted by atomic mass is 19.1. The summed E-state index contributed by atoms with van der Waals surface area (Å²) in [5, 5.41) is 3.57. The molecule has 2 atom stereocenters. The van der Waals surface area contributed by atoms with Crippen LogP contribution in [0.4, 0.5) is 21.5 Å². The maximum absolute atomic E-state index is 14.4. The Bertz CT molecular complexity index is 1630. The Kier molecular flexibility index (Phi) is 7.62. The quantitative estimate of drug-likeness (QED) is 0.261. The maximum atomic E-state index is 14.4. The number of carbonyl (C=O) groups excluding carboxylic acids is 2. The summed E-state index contributed by atoms with van der Waals surface area (Å²) < 4.78 is 13.7. The van der Waals surface area contributed by atoms with E-state index in [1.54, 1.807) is 17.0 Å². The van der Waals surface area contributed by atoms with Crippen molar-refractivity contribution < 1.29 is 14.0 Å². The summed E-state index contributed by atoms with van der Waals surface area (Å²) in [5.41, 5.74) is 6.32. The Morgan fingerprint density at radius 2 is 1.48 bits per heavy atom. The van der Waals surface area contributed by atoms with Gasteiger partial charge in [0.25, 0.3) is 5.91 Å². The number of hydrogen-bond acceptors (Lipinski definition) is 4. The van der Waals surface area contributed by atoms with Crippen LogP contribution < -0.4 is 15.1 Å². The van der Waals surface area contributed by atoms with Gasteiger partial charge in [0.1, 0.15) is 5.82 Å². The topological polar surface area (TPSA) is 52.7 Å². The molecule has 2 aliphatic rings. The monoisotopic (exact) mass is 559 g/mol. The summed E-state index contributed by atoms with van der Waals surface area (Å²) in [6, 6.07) is 31.0. The van der Waals surface area contributed by atoms with Gasteiger partial charge in [-0.1, -0.05) is 54.6 Å². The van der Waals surface area contributed by atoms with Crippen molar-refractivity contribution >= 4 is 28.8 Å². The lowest BCUT2D eigenvalue weighted by Gasteiger charge is -2.35. The molecule has 1 N–H and O–H groups in total. The van der Waals surface area contributed by atoms with Gasteiger partial charge in [0.05, 0.1) is 17.4 Å². The van der Waals surface area contributed by atoms with E-state index in [4.69, 9.17) is 0 Å². The highest BCUT2D eigenvalue weighted by Crippen LogP contribution is 2.48. The van der Waals surface area contributed by atoms with E-state index in [2.05, 4.69) is 36.2 Å². The third kappa shape index (κ3) is 5.09. The van der Waals surface area contributed by atoms with E-state index in [0.29, 0.717) is 23.2 Å². The number of nitrogens with one attached hydrogen (secondary N) is 1. The van der Waals surface area contributed by atoms with Gasteiger partial charge in [0.2, 0.25) is 0 Å². The zero-order valence-electron chi connectivity index (χ0n) is 23.9. The summed E-state index contributed by atoms with van der Waals surface area (Å²) in [5.74, 6) is -0.594. The Labute approximate surface area is 246 Å². The fourth-order valence-electron chi connectivity index (χ4n) is 6.28. The van der Waals surface area contributed by atoms with Crippen LogP contribution in [0.15, 0.2) is 114 Å². The first kappa shape index (κ1) is 27.5. The van der Waals surface area contributed by atoms with Gasteiger partial charge in [0.15, 0.2) is 5.78 Å². The number of allylic oxidation sites excluding steroid dienone is 1. The molecular formula is C36H34FN3O2. The number of para-hydroxylation sites is 2. The van der Waals surface area contributed by atoms with Gasteiger partial charge in [-0.2, -0.15) is 0 Å². The second kappa shape index (κ2) is 11.6. The Morgan fingerprint density at radius 3 is 2.17 bits per heavy atom. The fourth-order valence-corrected chi connectivity index (χ4v) is 6.28. The number of anilines is 3. The molecule has 4 aromatic rings. The summed E-state index contributed by atoms with van der Waals surface area (Å²) in [6.45, 7) is 6.02. The van der Waals surface area contributed by atoms with Crippen molar-refractivity contribution in [2.45, 2.75) is 38.6 Å². The number of fused-ring (bicyclic) bond motifs is 1. The smallest absolute Gasteiger partial charge is 0.259 e. The molecule has 0 radical (unpaired) electrons. The van der Waals surface area contributed by atoms with Crippen LogP contribution >= 0.6 is 0 Å². The zero-order chi connectivity index (χ0) is 29.2. The molecular weight excluding hydrogens is 525 g/mol. The molecule has 0 bridgehead atoms. The normalized spacial score (nSPS) is 18.1. The number of rotatable bonds is 6. The molecule has 1 amide bonds. The second-order valence-corrected chi connectivity index (χ2v) is 10.8. The zero-order valence-corrected chi connectivity index (χ0v) is 23.9. The lowest BCUT2D eigenvalue weighted by molar-refractivity contribution is -0.116. The van der Waals surface area contributed by atoms with E-state index in [0.717, 1.165) is 41.3 Å². The van der Waals surface area contributed by atoms with Crippen molar-refractivity contribution in [3.05, 3.63) is 137 Å². The highest BCUT2D eigenvalue weighted by Gasteiger charge is 2.41. The van der Waals surface area contributed by atoms with Crippen molar-refractivity contribution in [1.29, 1.82) is 0 Å². The minimum atomic E-state index is -0.628. The van der Waals surface area contributed by atoms with Gasteiger partial charge in [-0.15, -0.1) is 0 Å². The summed E-state index contributed by atoms with van der Waals surface area (Å²) >= 11 is 0. The van der Waals surface area contributed by atoms with Gasteiger partial charge >= 0.3 is 0 Å². The lowest BCUT2D eigenvalue weighted by Crippen LogP contribution is -2.38. The van der Waals surface area contributed by atoms with Crippen LogP contribution in [0.5, 0.6) is 0 Å². The summed E-state index contributed by atoms with van der Waals surface area (Å²) in [4.78, 5) is 32.7. The van der Waals surface area contributed by atoms with Gasteiger partial charge < -0.3 is 10.2 Å².